The number of nitrogens with one attached hydrogen (secondary N) is 1. The molecule has 0 spiro atoms. The number of hydrogen-bond acceptors (Lipinski definition) is 8. The molecule has 156 valence electrons. The molecule has 3 rings (SSSR count). The quantitative estimate of drug-likeness (QED) is 0.625. The summed E-state index contributed by atoms with van der Waals surface area (Å²) in [6.45, 7) is 7.17. The number of likely N-dealkylation sites (tertiary alicyclic amines) is 1. The summed E-state index contributed by atoms with van der Waals surface area (Å²) in [7, 11) is 0. The molecule has 2 aliphatic rings. The zero-order chi connectivity index (χ0) is 19.8. The van der Waals surface area contributed by atoms with E-state index in [9.17, 15) is 9.90 Å². The number of rotatable bonds is 8. The number of carbonyl (C=O) groups excluding carboxylic acids is 1. The molecule has 2 aliphatic heterocycles. The van der Waals surface area contributed by atoms with E-state index in [1.807, 2.05) is 13.0 Å². The fourth-order valence-corrected chi connectivity index (χ4v) is 4.06. The van der Waals surface area contributed by atoms with Crippen molar-refractivity contribution in [3.05, 3.63) is 18.6 Å². The Bertz CT molecular complexity index is 587. The van der Waals surface area contributed by atoms with Crippen molar-refractivity contribution in [3.8, 4) is 0 Å². The molecule has 0 aliphatic carbocycles. The van der Waals surface area contributed by atoms with Crippen LogP contribution in [-0.2, 0) is 9.53 Å². The second-order valence-corrected chi connectivity index (χ2v) is 7.72. The predicted molar refractivity (Wildman–Crippen MR) is 107 cm³/mol. The molecule has 2 saturated heterocycles. The van der Waals surface area contributed by atoms with E-state index in [1.165, 1.54) is 0 Å². The third-order valence-electron chi connectivity index (χ3n) is 5.70. The predicted octanol–water partition coefficient (Wildman–Crippen LogP) is 0.671. The maximum atomic E-state index is 11.8. The lowest BCUT2D eigenvalue weighted by atomic mass is 9.97. The van der Waals surface area contributed by atoms with Crippen LogP contribution in [0, 0.1) is 5.92 Å². The van der Waals surface area contributed by atoms with E-state index in [1.54, 1.807) is 12.5 Å². The van der Waals surface area contributed by atoms with Crippen molar-refractivity contribution in [1.29, 1.82) is 0 Å². The Morgan fingerprint density at radius 2 is 2.04 bits per heavy atom. The topological polar surface area (TPSA) is 90.8 Å². The Hall–Kier alpha value is -1.77. The molecule has 28 heavy (non-hydrogen) atoms. The number of nitrogens with zero attached hydrogens (tertiary/aromatic N) is 4. The molecule has 0 radical (unpaired) electrons. The first-order valence-electron chi connectivity index (χ1n) is 10.5. The highest BCUT2D eigenvalue weighted by atomic mass is 16.5. The lowest BCUT2D eigenvalue weighted by molar-refractivity contribution is -0.149. The summed E-state index contributed by atoms with van der Waals surface area (Å²) in [4.78, 5) is 24.6. The van der Waals surface area contributed by atoms with Crippen molar-refractivity contribution < 1.29 is 14.6 Å². The first-order chi connectivity index (χ1) is 13.7. The standard InChI is InChI=1S/C20H33N5O3/c1-2-28-20(27)16-4-9-24(10-5-16)14-18(26)13-22-17-6-11-25(12-7-17)19-3-8-21-15-23-19/h3,8,15-18,22,26H,2,4-7,9-14H2,1H3. The first kappa shape index (κ1) is 21.0. The van der Waals surface area contributed by atoms with E-state index in [4.69, 9.17) is 4.74 Å². The van der Waals surface area contributed by atoms with E-state index in [2.05, 4.69) is 25.1 Å². The third kappa shape index (κ3) is 6.12. The van der Waals surface area contributed by atoms with E-state index >= 15 is 0 Å². The third-order valence-corrected chi connectivity index (χ3v) is 5.70. The molecule has 0 amide bonds. The number of hydrogen-bond donors (Lipinski definition) is 2. The van der Waals surface area contributed by atoms with Gasteiger partial charge in [0.1, 0.15) is 12.1 Å². The normalized spacial score (nSPS) is 20.9. The zero-order valence-electron chi connectivity index (χ0n) is 16.8. The van der Waals surface area contributed by atoms with Crippen LogP contribution in [-0.4, -0.2) is 84.0 Å². The van der Waals surface area contributed by atoms with Crippen LogP contribution in [0.4, 0.5) is 5.82 Å². The van der Waals surface area contributed by atoms with Gasteiger partial charge in [0.2, 0.25) is 0 Å². The molecule has 0 bridgehead atoms. The van der Waals surface area contributed by atoms with E-state index in [0.717, 1.165) is 57.7 Å². The van der Waals surface area contributed by atoms with E-state index in [0.29, 0.717) is 25.7 Å². The van der Waals surface area contributed by atoms with Gasteiger partial charge in [0, 0.05) is 38.4 Å². The molecule has 1 atom stereocenters. The molecule has 1 unspecified atom stereocenters. The second kappa shape index (κ2) is 10.7. The molecule has 0 saturated carbocycles. The number of aliphatic hydroxyl groups is 1. The molecule has 2 N–H and O–H groups in total. The Morgan fingerprint density at radius 1 is 1.29 bits per heavy atom. The van der Waals surface area contributed by atoms with Crippen molar-refractivity contribution >= 4 is 11.8 Å². The van der Waals surface area contributed by atoms with Gasteiger partial charge in [-0.3, -0.25) is 4.79 Å². The van der Waals surface area contributed by atoms with Crippen LogP contribution >= 0.6 is 0 Å². The molecule has 1 aromatic heterocycles. The maximum Gasteiger partial charge on any atom is 0.309 e. The SMILES string of the molecule is CCOC(=O)C1CCN(CC(O)CNC2CCN(c3ccncn3)CC2)CC1. The smallest absolute Gasteiger partial charge is 0.309 e. The minimum absolute atomic E-state index is 0.0199. The number of β-amino-alcohol motifs (C(OH)–C–C–N with tert-alkyl or cyclic N) is 1. The fraction of sp³-hybridized carbons (Fsp3) is 0.750. The summed E-state index contributed by atoms with van der Waals surface area (Å²) in [6.07, 6.45) is 6.70. The highest BCUT2D eigenvalue weighted by Gasteiger charge is 2.27. The summed E-state index contributed by atoms with van der Waals surface area (Å²) >= 11 is 0. The molecule has 0 aromatic carbocycles. The largest absolute Gasteiger partial charge is 0.466 e. The van der Waals surface area contributed by atoms with E-state index in [-0.39, 0.29) is 18.0 Å². The number of anilines is 1. The van der Waals surface area contributed by atoms with Gasteiger partial charge in [0.15, 0.2) is 0 Å². The molecule has 8 nitrogen and oxygen atoms in total. The van der Waals surface area contributed by atoms with Crippen molar-refractivity contribution in [1.82, 2.24) is 20.2 Å². The van der Waals surface area contributed by atoms with Gasteiger partial charge in [-0.15, -0.1) is 0 Å². The Balaban J connectivity index is 1.30. The number of aromatic nitrogens is 2. The molecular weight excluding hydrogens is 358 g/mol. The van der Waals surface area contributed by atoms with Crippen LogP contribution in [0.3, 0.4) is 0 Å². The van der Waals surface area contributed by atoms with Gasteiger partial charge in [-0.25, -0.2) is 9.97 Å². The molecule has 1 aromatic rings. The average molecular weight is 392 g/mol. The fourth-order valence-electron chi connectivity index (χ4n) is 4.06. The van der Waals surface area contributed by atoms with Gasteiger partial charge >= 0.3 is 5.97 Å². The van der Waals surface area contributed by atoms with Gasteiger partial charge in [-0.2, -0.15) is 0 Å². The van der Waals surface area contributed by atoms with Gasteiger partial charge in [0.05, 0.1) is 18.6 Å². The van der Waals surface area contributed by atoms with Crippen LogP contribution in [0.1, 0.15) is 32.6 Å². The summed E-state index contributed by atoms with van der Waals surface area (Å²) in [6, 6.07) is 2.38. The van der Waals surface area contributed by atoms with Gasteiger partial charge in [0.25, 0.3) is 0 Å². The van der Waals surface area contributed by atoms with Crippen molar-refractivity contribution in [2.45, 2.75) is 44.8 Å². The summed E-state index contributed by atoms with van der Waals surface area (Å²) in [5.74, 6) is 0.934. The van der Waals surface area contributed by atoms with Crippen LogP contribution in [0.5, 0.6) is 0 Å². The number of carbonyl (C=O) groups is 1. The Labute approximate surface area is 167 Å². The van der Waals surface area contributed by atoms with Crippen molar-refractivity contribution in [3.63, 3.8) is 0 Å². The average Bonchev–Trinajstić information content (AvgIpc) is 2.74. The Morgan fingerprint density at radius 3 is 2.68 bits per heavy atom. The van der Waals surface area contributed by atoms with Crippen LogP contribution in [0.25, 0.3) is 0 Å². The molecule has 8 heteroatoms. The maximum absolute atomic E-state index is 11.8. The minimum atomic E-state index is -0.390. The second-order valence-electron chi connectivity index (χ2n) is 7.72. The van der Waals surface area contributed by atoms with Crippen LogP contribution in [0.15, 0.2) is 18.6 Å². The highest BCUT2D eigenvalue weighted by Crippen LogP contribution is 2.19. The van der Waals surface area contributed by atoms with Crippen LogP contribution in [0.2, 0.25) is 0 Å². The highest BCUT2D eigenvalue weighted by molar-refractivity contribution is 5.72. The lowest BCUT2D eigenvalue weighted by Gasteiger charge is -2.34. The monoisotopic (exact) mass is 391 g/mol. The van der Waals surface area contributed by atoms with Crippen LogP contribution < -0.4 is 10.2 Å². The molecule has 3 heterocycles. The minimum Gasteiger partial charge on any atom is -0.466 e. The number of aliphatic hydroxyl groups excluding tert-OH is 1. The number of piperidine rings is 2. The summed E-state index contributed by atoms with van der Waals surface area (Å²) < 4.78 is 5.11. The summed E-state index contributed by atoms with van der Waals surface area (Å²) in [5, 5.41) is 13.9. The van der Waals surface area contributed by atoms with E-state index < -0.39 is 0 Å². The number of ether oxygens (including phenoxy) is 1. The Kier molecular flexibility index (Phi) is 8.00. The summed E-state index contributed by atoms with van der Waals surface area (Å²) in [5.41, 5.74) is 0. The first-order valence-corrected chi connectivity index (χ1v) is 10.5. The van der Waals surface area contributed by atoms with Crippen molar-refractivity contribution in [2.75, 3.05) is 50.8 Å². The van der Waals surface area contributed by atoms with Gasteiger partial charge in [-0.1, -0.05) is 0 Å². The molecular formula is C20H33N5O3. The van der Waals surface area contributed by atoms with Crippen molar-refractivity contribution in [2.24, 2.45) is 5.92 Å². The van der Waals surface area contributed by atoms with Gasteiger partial charge in [-0.05, 0) is 51.8 Å². The number of esters is 1. The van der Waals surface area contributed by atoms with Gasteiger partial charge < -0.3 is 25.0 Å². The zero-order valence-corrected chi connectivity index (χ0v) is 16.8. The lowest BCUT2D eigenvalue weighted by Crippen LogP contribution is -2.47. The molecule has 2 fully saturated rings.